The standard InChI is InChI=1S/C15H21BrFNO/c1-9(2)13(10(3)4)8-18-15(19)12-6-5-11(16)7-14(12)17/h5-7,9-10,13H,8H2,1-4H3,(H,18,19). The van der Waals surface area contributed by atoms with Gasteiger partial charge in [0, 0.05) is 11.0 Å². The minimum Gasteiger partial charge on any atom is -0.352 e. The van der Waals surface area contributed by atoms with Crippen LogP contribution in [-0.4, -0.2) is 12.5 Å². The Labute approximate surface area is 122 Å². The summed E-state index contributed by atoms with van der Waals surface area (Å²) in [6.07, 6.45) is 0. The molecule has 1 N–H and O–H groups in total. The molecule has 1 amide bonds. The molecule has 0 saturated carbocycles. The van der Waals surface area contributed by atoms with E-state index in [0.29, 0.717) is 28.8 Å². The minimum absolute atomic E-state index is 0.0921. The molecule has 0 atom stereocenters. The Kier molecular flexibility index (Phi) is 5.98. The van der Waals surface area contributed by atoms with Crippen LogP contribution in [0, 0.1) is 23.6 Å². The lowest BCUT2D eigenvalue weighted by Crippen LogP contribution is -2.34. The number of nitrogens with one attached hydrogen (secondary N) is 1. The van der Waals surface area contributed by atoms with Crippen LogP contribution in [0.3, 0.4) is 0 Å². The van der Waals surface area contributed by atoms with Crippen molar-refractivity contribution in [3.63, 3.8) is 0 Å². The molecule has 19 heavy (non-hydrogen) atoms. The number of hydrogen-bond acceptors (Lipinski definition) is 1. The van der Waals surface area contributed by atoms with Crippen molar-refractivity contribution in [2.45, 2.75) is 27.7 Å². The van der Waals surface area contributed by atoms with Crippen LogP contribution in [0.1, 0.15) is 38.1 Å². The molecule has 2 nitrogen and oxygen atoms in total. The van der Waals surface area contributed by atoms with Crippen LogP contribution < -0.4 is 5.32 Å². The maximum absolute atomic E-state index is 13.7. The number of rotatable bonds is 5. The molecule has 0 spiro atoms. The van der Waals surface area contributed by atoms with Gasteiger partial charge in [0.15, 0.2) is 0 Å². The van der Waals surface area contributed by atoms with Crippen molar-refractivity contribution in [2.24, 2.45) is 17.8 Å². The summed E-state index contributed by atoms with van der Waals surface area (Å²) in [4.78, 5) is 12.0. The summed E-state index contributed by atoms with van der Waals surface area (Å²) < 4.78 is 14.3. The maximum Gasteiger partial charge on any atom is 0.254 e. The van der Waals surface area contributed by atoms with E-state index in [0.717, 1.165) is 0 Å². The minimum atomic E-state index is -0.502. The van der Waals surface area contributed by atoms with Gasteiger partial charge in [-0.15, -0.1) is 0 Å². The van der Waals surface area contributed by atoms with Crippen molar-refractivity contribution < 1.29 is 9.18 Å². The quantitative estimate of drug-likeness (QED) is 0.859. The van der Waals surface area contributed by atoms with Gasteiger partial charge in [-0.1, -0.05) is 43.6 Å². The van der Waals surface area contributed by atoms with Gasteiger partial charge in [0.1, 0.15) is 5.82 Å². The molecule has 4 heteroatoms. The fourth-order valence-corrected chi connectivity index (χ4v) is 2.55. The lowest BCUT2D eigenvalue weighted by atomic mass is 9.85. The Morgan fingerprint density at radius 3 is 2.32 bits per heavy atom. The highest BCUT2D eigenvalue weighted by atomic mass is 79.9. The van der Waals surface area contributed by atoms with Crippen LogP contribution in [0.15, 0.2) is 22.7 Å². The van der Waals surface area contributed by atoms with Crippen molar-refractivity contribution >= 4 is 21.8 Å². The molecule has 0 aliphatic rings. The number of halogens is 2. The first-order valence-corrected chi connectivity index (χ1v) is 7.35. The third kappa shape index (κ3) is 4.60. The van der Waals surface area contributed by atoms with Gasteiger partial charge in [-0.2, -0.15) is 0 Å². The molecule has 0 unspecified atom stereocenters. The van der Waals surface area contributed by atoms with Gasteiger partial charge in [0.05, 0.1) is 5.56 Å². The van der Waals surface area contributed by atoms with E-state index in [-0.39, 0.29) is 11.5 Å². The Morgan fingerprint density at radius 2 is 1.84 bits per heavy atom. The van der Waals surface area contributed by atoms with Gasteiger partial charge in [0.25, 0.3) is 5.91 Å². The summed E-state index contributed by atoms with van der Waals surface area (Å²) in [7, 11) is 0. The Bertz CT molecular complexity index is 438. The highest BCUT2D eigenvalue weighted by Gasteiger charge is 2.19. The molecule has 1 aromatic carbocycles. The van der Waals surface area contributed by atoms with E-state index in [9.17, 15) is 9.18 Å². The summed E-state index contributed by atoms with van der Waals surface area (Å²) in [5, 5.41) is 2.83. The van der Waals surface area contributed by atoms with Crippen molar-refractivity contribution in [2.75, 3.05) is 6.54 Å². The zero-order chi connectivity index (χ0) is 14.6. The van der Waals surface area contributed by atoms with Gasteiger partial charge >= 0.3 is 0 Å². The third-order valence-corrected chi connectivity index (χ3v) is 3.88. The molecule has 0 aliphatic heterocycles. The second kappa shape index (κ2) is 7.04. The second-order valence-electron chi connectivity index (χ2n) is 5.49. The van der Waals surface area contributed by atoms with Crippen LogP contribution in [-0.2, 0) is 0 Å². The molecule has 0 heterocycles. The zero-order valence-corrected chi connectivity index (χ0v) is 13.4. The first-order chi connectivity index (χ1) is 8.82. The predicted octanol–water partition coefficient (Wildman–Crippen LogP) is 4.25. The van der Waals surface area contributed by atoms with Gasteiger partial charge in [-0.05, 0) is 36.0 Å². The van der Waals surface area contributed by atoms with Gasteiger partial charge < -0.3 is 5.32 Å². The summed E-state index contributed by atoms with van der Waals surface area (Å²) in [5.41, 5.74) is 0.0921. The van der Waals surface area contributed by atoms with E-state index in [1.54, 1.807) is 6.07 Å². The average molecular weight is 330 g/mol. The predicted molar refractivity (Wildman–Crippen MR) is 79.6 cm³/mol. The van der Waals surface area contributed by atoms with Crippen LogP contribution in [0.25, 0.3) is 0 Å². The largest absolute Gasteiger partial charge is 0.352 e. The van der Waals surface area contributed by atoms with Crippen LogP contribution in [0.4, 0.5) is 4.39 Å². The summed E-state index contributed by atoms with van der Waals surface area (Å²) in [6.45, 7) is 9.12. The first-order valence-electron chi connectivity index (χ1n) is 6.56. The monoisotopic (exact) mass is 329 g/mol. The van der Waals surface area contributed by atoms with E-state index < -0.39 is 5.82 Å². The van der Waals surface area contributed by atoms with E-state index >= 15 is 0 Å². The molecule has 0 fully saturated rings. The van der Waals surface area contributed by atoms with Gasteiger partial charge in [0.2, 0.25) is 0 Å². The number of hydrogen-bond donors (Lipinski definition) is 1. The second-order valence-corrected chi connectivity index (χ2v) is 6.40. The molecule has 1 aromatic rings. The lowest BCUT2D eigenvalue weighted by molar-refractivity contribution is 0.0933. The number of amides is 1. The fourth-order valence-electron chi connectivity index (χ4n) is 2.22. The Morgan fingerprint density at radius 1 is 1.26 bits per heavy atom. The highest BCUT2D eigenvalue weighted by molar-refractivity contribution is 9.10. The molecule has 106 valence electrons. The summed E-state index contributed by atoms with van der Waals surface area (Å²) >= 11 is 3.17. The highest BCUT2D eigenvalue weighted by Crippen LogP contribution is 2.20. The number of benzene rings is 1. The van der Waals surface area contributed by atoms with E-state index in [2.05, 4.69) is 48.9 Å². The normalized spacial score (nSPS) is 11.4. The molecular weight excluding hydrogens is 309 g/mol. The molecule has 0 bridgehead atoms. The van der Waals surface area contributed by atoms with E-state index in [1.165, 1.54) is 12.1 Å². The topological polar surface area (TPSA) is 29.1 Å². The van der Waals surface area contributed by atoms with Crippen molar-refractivity contribution in [3.05, 3.63) is 34.1 Å². The van der Waals surface area contributed by atoms with E-state index in [1.807, 2.05) is 0 Å². The molecule has 0 radical (unpaired) electrons. The first kappa shape index (κ1) is 16.2. The van der Waals surface area contributed by atoms with Crippen LogP contribution in [0.5, 0.6) is 0 Å². The third-order valence-electron chi connectivity index (χ3n) is 3.39. The fraction of sp³-hybridized carbons (Fsp3) is 0.533. The van der Waals surface area contributed by atoms with Crippen molar-refractivity contribution in [1.29, 1.82) is 0 Å². The van der Waals surface area contributed by atoms with Crippen LogP contribution in [0.2, 0.25) is 0 Å². The molecule has 0 saturated heterocycles. The maximum atomic E-state index is 13.7. The number of carbonyl (C=O) groups is 1. The number of carbonyl (C=O) groups excluding carboxylic acids is 1. The summed E-state index contributed by atoms with van der Waals surface area (Å²) in [6, 6.07) is 4.46. The van der Waals surface area contributed by atoms with Gasteiger partial charge in [-0.3, -0.25) is 4.79 Å². The zero-order valence-electron chi connectivity index (χ0n) is 11.8. The summed E-state index contributed by atoms with van der Waals surface area (Å²) in [5.74, 6) is 0.501. The van der Waals surface area contributed by atoms with E-state index in [4.69, 9.17) is 0 Å². The smallest absolute Gasteiger partial charge is 0.254 e. The molecule has 1 rings (SSSR count). The average Bonchev–Trinajstić information content (AvgIpc) is 2.27. The molecule has 0 aliphatic carbocycles. The molecular formula is C15H21BrFNO. The van der Waals surface area contributed by atoms with Crippen molar-refractivity contribution in [3.8, 4) is 0 Å². The van der Waals surface area contributed by atoms with Crippen LogP contribution >= 0.6 is 15.9 Å². The Balaban J connectivity index is 2.69. The Hall–Kier alpha value is -0.900. The van der Waals surface area contributed by atoms with Crippen molar-refractivity contribution in [1.82, 2.24) is 5.32 Å². The SMILES string of the molecule is CC(C)C(CNC(=O)c1ccc(Br)cc1F)C(C)C. The van der Waals surface area contributed by atoms with Gasteiger partial charge in [-0.25, -0.2) is 4.39 Å². The lowest BCUT2D eigenvalue weighted by Gasteiger charge is -2.25. The molecule has 0 aromatic heterocycles.